The van der Waals surface area contributed by atoms with Crippen LogP contribution in [0.25, 0.3) is 5.82 Å². The van der Waals surface area contributed by atoms with E-state index in [0.717, 1.165) is 37.6 Å². The van der Waals surface area contributed by atoms with Crippen molar-refractivity contribution in [3.05, 3.63) is 39.9 Å². The fourth-order valence-electron chi connectivity index (χ4n) is 2.67. The van der Waals surface area contributed by atoms with Gasteiger partial charge in [0.15, 0.2) is 11.5 Å². The summed E-state index contributed by atoms with van der Waals surface area (Å²) in [6, 6.07) is 2.15. The monoisotopic (exact) mass is 341 g/mol. The largest absolute Gasteiger partial charge is 0.434 e. The second kappa shape index (κ2) is 6.10. The molecule has 2 aromatic heterocycles. The second-order valence-electron chi connectivity index (χ2n) is 5.45. The molecule has 1 fully saturated rings. The molecule has 0 spiro atoms. The first-order valence-corrected chi connectivity index (χ1v) is 7.38. The molecule has 0 atom stereocenters. The molecule has 0 aromatic carbocycles. The highest BCUT2D eigenvalue weighted by Crippen LogP contribution is 2.34. The minimum Gasteiger partial charge on any atom is -0.339 e. The van der Waals surface area contributed by atoms with E-state index >= 15 is 0 Å². The highest BCUT2D eigenvalue weighted by atomic mass is 19.4. The number of hydrogen-bond donors (Lipinski definition) is 1. The van der Waals surface area contributed by atoms with Crippen LogP contribution in [0.1, 0.15) is 35.3 Å². The topological polar surface area (TPSA) is 83.9 Å². The predicted molar refractivity (Wildman–Crippen MR) is 76.7 cm³/mol. The Morgan fingerprint density at radius 2 is 1.88 bits per heavy atom. The number of likely N-dealkylation sites (tertiary alicyclic amines) is 1. The molecule has 0 radical (unpaired) electrons. The summed E-state index contributed by atoms with van der Waals surface area (Å²) in [6.45, 7) is 0.858. The van der Waals surface area contributed by atoms with Crippen molar-refractivity contribution in [2.24, 2.45) is 0 Å². The summed E-state index contributed by atoms with van der Waals surface area (Å²) in [5.74, 6) is -0.919. The van der Waals surface area contributed by atoms with Crippen molar-refractivity contribution in [2.75, 3.05) is 13.1 Å². The number of piperidine rings is 1. The molecule has 1 N–H and O–H groups in total. The molecule has 0 unspecified atom stereocenters. The number of rotatable bonds is 2. The van der Waals surface area contributed by atoms with Gasteiger partial charge in [0, 0.05) is 19.2 Å². The number of amides is 1. The van der Waals surface area contributed by atoms with Gasteiger partial charge in [0.1, 0.15) is 0 Å². The van der Waals surface area contributed by atoms with Gasteiger partial charge in [-0.1, -0.05) is 0 Å². The number of halogens is 3. The maximum Gasteiger partial charge on any atom is 0.434 e. The SMILES string of the molecule is O=C(c1cnn(-c2ccc(=O)[nH]n2)c1C(F)(F)F)N1CCCCC1. The Bertz CT molecular complexity index is 785. The summed E-state index contributed by atoms with van der Waals surface area (Å²) >= 11 is 0. The molecule has 7 nitrogen and oxygen atoms in total. The Morgan fingerprint density at radius 3 is 2.46 bits per heavy atom. The van der Waals surface area contributed by atoms with Gasteiger partial charge in [-0.25, -0.2) is 9.78 Å². The molecule has 0 bridgehead atoms. The summed E-state index contributed by atoms with van der Waals surface area (Å²) in [5, 5.41) is 9.26. The molecule has 1 aliphatic heterocycles. The molecule has 0 saturated carbocycles. The Balaban J connectivity index is 2.05. The Kier molecular flexibility index (Phi) is 4.12. The standard InChI is InChI=1S/C14H14F3N5O2/c15-14(16,17)12-9(13(24)21-6-2-1-3-7-21)8-18-22(12)10-4-5-11(23)20-19-10/h4-5,8H,1-3,6-7H2,(H,20,23). The Labute approximate surface area is 134 Å². The van der Waals surface area contributed by atoms with Gasteiger partial charge in [0.25, 0.3) is 11.5 Å². The van der Waals surface area contributed by atoms with Gasteiger partial charge in [0.05, 0.1) is 11.8 Å². The fourth-order valence-corrected chi connectivity index (χ4v) is 2.67. The van der Waals surface area contributed by atoms with E-state index in [0.29, 0.717) is 17.8 Å². The third-order valence-corrected chi connectivity index (χ3v) is 3.79. The molecule has 128 valence electrons. The molecule has 3 heterocycles. The zero-order chi connectivity index (χ0) is 17.3. The minimum absolute atomic E-state index is 0.223. The van der Waals surface area contributed by atoms with Crippen LogP contribution in [0, 0.1) is 0 Å². The van der Waals surface area contributed by atoms with E-state index in [2.05, 4.69) is 10.2 Å². The van der Waals surface area contributed by atoms with Crippen molar-refractivity contribution in [2.45, 2.75) is 25.4 Å². The van der Waals surface area contributed by atoms with Gasteiger partial charge in [-0.05, 0) is 25.3 Å². The third-order valence-electron chi connectivity index (χ3n) is 3.79. The first-order valence-electron chi connectivity index (χ1n) is 7.38. The van der Waals surface area contributed by atoms with Crippen molar-refractivity contribution < 1.29 is 18.0 Å². The molecule has 0 aliphatic carbocycles. The Morgan fingerprint density at radius 1 is 1.17 bits per heavy atom. The summed E-state index contributed by atoms with van der Waals surface area (Å²) in [6.07, 6.45) is -1.41. The summed E-state index contributed by atoms with van der Waals surface area (Å²) in [7, 11) is 0. The van der Waals surface area contributed by atoms with Crippen LogP contribution >= 0.6 is 0 Å². The van der Waals surface area contributed by atoms with Gasteiger partial charge < -0.3 is 4.90 Å². The van der Waals surface area contributed by atoms with Crippen LogP contribution in [-0.2, 0) is 6.18 Å². The highest BCUT2D eigenvalue weighted by Gasteiger charge is 2.41. The van der Waals surface area contributed by atoms with Crippen LogP contribution in [0.2, 0.25) is 0 Å². The molecule has 1 aliphatic rings. The minimum atomic E-state index is -4.80. The van der Waals surface area contributed by atoms with Crippen molar-refractivity contribution >= 4 is 5.91 Å². The molecular weight excluding hydrogens is 327 g/mol. The van der Waals surface area contributed by atoms with Gasteiger partial charge >= 0.3 is 6.18 Å². The van der Waals surface area contributed by atoms with Crippen LogP contribution < -0.4 is 5.56 Å². The normalized spacial score (nSPS) is 15.5. The molecular formula is C14H14F3N5O2. The maximum atomic E-state index is 13.5. The number of alkyl halides is 3. The zero-order valence-electron chi connectivity index (χ0n) is 12.5. The lowest BCUT2D eigenvalue weighted by atomic mass is 10.1. The average molecular weight is 341 g/mol. The molecule has 1 saturated heterocycles. The van der Waals surface area contributed by atoms with E-state index in [-0.39, 0.29) is 5.82 Å². The van der Waals surface area contributed by atoms with E-state index < -0.39 is 28.9 Å². The number of H-pyrrole nitrogens is 1. The van der Waals surface area contributed by atoms with E-state index in [1.807, 2.05) is 5.10 Å². The van der Waals surface area contributed by atoms with Crippen LogP contribution in [0.4, 0.5) is 13.2 Å². The number of nitrogens with one attached hydrogen (secondary N) is 1. The summed E-state index contributed by atoms with van der Waals surface area (Å²) in [4.78, 5) is 24.9. The van der Waals surface area contributed by atoms with Crippen molar-refractivity contribution in [3.8, 4) is 5.82 Å². The van der Waals surface area contributed by atoms with Gasteiger partial charge in [-0.2, -0.15) is 23.4 Å². The number of carbonyl (C=O) groups is 1. The highest BCUT2D eigenvalue weighted by molar-refractivity contribution is 5.95. The lowest BCUT2D eigenvalue weighted by Crippen LogP contribution is -2.36. The molecule has 1 amide bonds. The molecule has 24 heavy (non-hydrogen) atoms. The van der Waals surface area contributed by atoms with Gasteiger partial charge in [-0.15, -0.1) is 0 Å². The first-order chi connectivity index (χ1) is 11.4. The zero-order valence-corrected chi connectivity index (χ0v) is 12.5. The summed E-state index contributed by atoms with van der Waals surface area (Å²) in [5.41, 5.74) is -2.26. The van der Waals surface area contributed by atoms with Gasteiger partial charge in [0.2, 0.25) is 0 Å². The lowest BCUT2D eigenvalue weighted by Gasteiger charge is -2.26. The van der Waals surface area contributed by atoms with Crippen molar-refractivity contribution in [3.63, 3.8) is 0 Å². The number of aromatic nitrogens is 4. The van der Waals surface area contributed by atoms with Crippen LogP contribution in [-0.4, -0.2) is 43.9 Å². The van der Waals surface area contributed by atoms with Crippen LogP contribution in [0.5, 0.6) is 0 Å². The van der Waals surface area contributed by atoms with Gasteiger partial charge in [-0.3, -0.25) is 9.59 Å². The van der Waals surface area contributed by atoms with E-state index in [4.69, 9.17) is 0 Å². The van der Waals surface area contributed by atoms with Crippen LogP contribution in [0.3, 0.4) is 0 Å². The number of carbonyl (C=O) groups excluding carboxylic acids is 1. The fraction of sp³-hybridized carbons (Fsp3) is 0.429. The quantitative estimate of drug-likeness (QED) is 0.899. The second-order valence-corrected chi connectivity index (χ2v) is 5.45. The average Bonchev–Trinajstić information content (AvgIpc) is 3.01. The Hall–Kier alpha value is -2.65. The van der Waals surface area contributed by atoms with Crippen molar-refractivity contribution in [1.82, 2.24) is 24.9 Å². The first kappa shape index (κ1) is 16.2. The summed E-state index contributed by atoms with van der Waals surface area (Å²) < 4.78 is 41.0. The van der Waals surface area contributed by atoms with E-state index in [1.54, 1.807) is 0 Å². The predicted octanol–water partition coefficient (Wildman–Crippen LogP) is 1.60. The van der Waals surface area contributed by atoms with Crippen molar-refractivity contribution in [1.29, 1.82) is 0 Å². The van der Waals surface area contributed by atoms with E-state index in [1.165, 1.54) is 4.90 Å². The molecule has 3 rings (SSSR count). The lowest BCUT2D eigenvalue weighted by molar-refractivity contribution is -0.143. The number of aromatic amines is 1. The smallest absolute Gasteiger partial charge is 0.339 e. The number of nitrogens with zero attached hydrogens (tertiary/aromatic N) is 4. The molecule has 2 aromatic rings. The maximum absolute atomic E-state index is 13.5. The van der Waals surface area contributed by atoms with E-state index in [9.17, 15) is 22.8 Å². The van der Waals surface area contributed by atoms with Crippen LogP contribution in [0.15, 0.2) is 23.1 Å². The molecule has 10 heteroatoms. The number of hydrogen-bond acceptors (Lipinski definition) is 4. The third kappa shape index (κ3) is 3.03.